The van der Waals surface area contributed by atoms with Crippen LogP contribution in [0.5, 0.6) is 0 Å². The van der Waals surface area contributed by atoms with E-state index in [1.165, 1.54) is 16.4 Å². The number of rotatable bonds is 4. The van der Waals surface area contributed by atoms with Crippen LogP contribution in [0, 0.1) is 16.0 Å². The molecule has 2 aliphatic rings. The highest BCUT2D eigenvalue weighted by Crippen LogP contribution is 2.34. The standard InChI is InChI=1S/C18H27N3O5S/c1-13-6-8-19(9-7-13)17-5-4-16(21(22)23)10-18(17)27(24,25)20-11-14(2)26-15(3)12-20/h4-5,10,13-15H,6-9,11-12H2,1-3H3/t14-,15-/m0/s1. The lowest BCUT2D eigenvalue weighted by Gasteiger charge is -2.36. The third-order valence-corrected chi connectivity index (χ3v) is 7.14. The summed E-state index contributed by atoms with van der Waals surface area (Å²) in [5.74, 6) is 0.597. The summed E-state index contributed by atoms with van der Waals surface area (Å²) in [6, 6.07) is 4.17. The maximum atomic E-state index is 13.4. The number of benzene rings is 1. The first-order valence-corrected chi connectivity index (χ1v) is 10.8. The molecule has 27 heavy (non-hydrogen) atoms. The largest absolute Gasteiger partial charge is 0.373 e. The van der Waals surface area contributed by atoms with Crippen molar-refractivity contribution in [3.8, 4) is 0 Å². The van der Waals surface area contributed by atoms with Crippen molar-refractivity contribution >= 4 is 21.4 Å². The van der Waals surface area contributed by atoms with Crippen molar-refractivity contribution in [2.45, 2.75) is 50.7 Å². The second-order valence-electron chi connectivity index (χ2n) is 7.66. The molecule has 0 N–H and O–H groups in total. The quantitative estimate of drug-likeness (QED) is 0.573. The van der Waals surface area contributed by atoms with Gasteiger partial charge in [-0.15, -0.1) is 0 Å². The molecule has 0 radical (unpaired) electrons. The number of anilines is 1. The summed E-state index contributed by atoms with van der Waals surface area (Å²) in [4.78, 5) is 12.8. The van der Waals surface area contributed by atoms with Crippen LogP contribution < -0.4 is 4.90 Å². The van der Waals surface area contributed by atoms with E-state index in [-0.39, 0.29) is 35.9 Å². The van der Waals surface area contributed by atoms with Crippen LogP contribution in [0.3, 0.4) is 0 Å². The highest BCUT2D eigenvalue weighted by Gasteiger charge is 2.35. The molecule has 2 fully saturated rings. The van der Waals surface area contributed by atoms with Crippen molar-refractivity contribution in [2.75, 3.05) is 31.1 Å². The highest BCUT2D eigenvalue weighted by atomic mass is 32.2. The number of hydrogen-bond acceptors (Lipinski definition) is 6. The van der Waals surface area contributed by atoms with E-state index in [4.69, 9.17) is 4.74 Å². The SMILES string of the molecule is CC1CCN(c2ccc([N+](=O)[O-])cc2S(=O)(=O)N2C[C@H](C)O[C@@H](C)C2)CC1. The smallest absolute Gasteiger partial charge is 0.270 e. The molecule has 150 valence electrons. The molecule has 2 atom stereocenters. The summed E-state index contributed by atoms with van der Waals surface area (Å²) >= 11 is 0. The molecule has 0 aromatic heterocycles. The highest BCUT2D eigenvalue weighted by molar-refractivity contribution is 7.89. The molecule has 1 aromatic rings. The third kappa shape index (κ3) is 4.25. The Morgan fingerprint density at radius 2 is 1.70 bits per heavy atom. The minimum atomic E-state index is -3.87. The van der Waals surface area contributed by atoms with Crippen molar-refractivity contribution < 1.29 is 18.1 Å². The lowest BCUT2D eigenvalue weighted by molar-refractivity contribution is -0.385. The van der Waals surface area contributed by atoms with Crippen molar-refractivity contribution in [3.63, 3.8) is 0 Å². The van der Waals surface area contributed by atoms with Gasteiger partial charge in [0.1, 0.15) is 4.90 Å². The zero-order valence-electron chi connectivity index (χ0n) is 16.0. The van der Waals surface area contributed by atoms with E-state index in [2.05, 4.69) is 6.92 Å². The molecule has 2 aliphatic heterocycles. The lowest BCUT2D eigenvalue weighted by atomic mass is 9.99. The first-order chi connectivity index (χ1) is 12.7. The molecule has 2 heterocycles. The van der Waals surface area contributed by atoms with Gasteiger partial charge in [0.2, 0.25) is 10.0 Å². The third-order valence-electron chi connectivity index (χ3n) is 5.28. The Morgan fingerprint density at radius 1 is 1.11 bits per heavy atom. The lowest BCUT2D eigenvalue weighted by Crippen LogP contribution is -2.48. The van der Waals surface area contributed by atoms with Crippen LogP contribution in [0.25, 0.3) is 0 Å². The first-order valence-electron chi connectivity index (χ1n) is 9.37. The van der Waals surface area contributed by atoms with Crippen LogP contribution in [0.15, 0.2) is 23.1 Å². The minimum Gasteiger partial charge on any atom is -0.373 e. The number of hydrogen-bond donors (Lipinski definition) is 0. The predicted octanol–water partition coefficient (Wildman–Crippen LogP) is 2.63. The minimum absolute atomic E-state index is 0.0209. The predicted molar refractivity (Wildman–Crippen MR) is 102 cm³/mol. The monoisotopic (exact) mass is 397 g/mol. The molecule has 0 spiro atoms. The van der Waals surface area contributed by atoms with E-state index in [0.717, 1.165) is 25.9 Å². The van der Waals surface area contributed by atoms with Gasteiger partial charge in [0, 0.05) is 38.3 Å². The molecule has 8 nitrogen and oxygen atoms in total. The van der Waals surface area contributed by atoms with Crippen LogP contribution in [0.1, 0.15) is 33.6 Å². The molecule has 0 unspecified atom stereocenters. The van der Waals surface area contributed by atoms with E-state index < -0.39 is 14.9 Å². The number of non-ortho nitro benzene ring substituents is 1. The molecule has 0 aliphatic carbocycles. The number of piperidine rings is 1. The summed E-state index contributed by atoms with van der Waals surface area (Å²) in [7, 11) is -3.87. The summed E-state index contributed by atoms with van der Waals surface area (Å²) in [5, 5.41) is 11.3. The van der Waals surface area contributed by atoms with Crippen LogP contribution in [-0.4, -0.2) is 56.0 Å². The molecular formula is C18H27N3O5S. The topological polar surface area (TPSA) is 93.0 Å². The Hall–Kier alpha value is -1.71. The summed E-state index contributed by atoms with van der Waals surface area (Å²) in [6.07, 6.45) is 1.51. The number of ether oxygens (including phenoxy) is 1. The molecule has 9 heteroatoms. The molecular weight excluding hydrogens is 370 g/mol. The van der Waals surface area contributed by atoms with Crippen LogP contribution in [-0.2, 0) is 14.8 Å². The molecule has 3 rings (SSSR count). The molecule has 2 saturated heterocycles. The average Bonchev–Trinajstić information content (AvgIpc) is 2.61. The van der Waals surface area contributed by atoms with Gasteiger partial charge >= 0.3 is 0 Å². The molecule has 0 saturated carbocycles. The maximum absolute atomic E-state index is 13.4. The zero-order chi connectivity index (χ0) is 19.8. The van der Waals surface area contributed by atoms with Crippen LogP contribution in [0.2, 0.25) is 0 Å². The fourth-order valence-corrected chi connectivity index (χ4v) is 5.62. The Kier molecular flexibility index (Phi) is 5.73. The summed E-state index contributed by atoms with van der Waals surface area (Å²) in [6.45, 7) is 7.82. The fourth-order valence-electron chi connectivity index (χ4n) is 3.80. The van der Waals surface area contributed by atoms with E-state index in [1.807, 2.05) is 18.7 Å². The number of nitro groups is 1. The number of nitrogens with zero attached hydrogens (tertiary/aromatic N) is 3. The van der Waals surface area contributed by atoms with Crippen molar-refractivity contribution in [3.05, 3.63) is 28.3 Å². The van der Waals surface area contributed by atoms with E-state index in [9.17, 15) is 18.5 Å². The van der Waals surface area contributed by atoms with E-state index in [0.29, 0.717) is 11.6 Å². The fraction of sp³-hybridized carbons (Fsp3) is 0.667. The van der Waals surface area contributed by atoms with Gasteiger partial charge in [-0.3, -0.25) is 10.1 Å². The second-order valence-corrected chi connectivity index (χ2v) is 9.56. The Balaban J connectivity index is 2.03. The Morgan fingerprint density at radius 3 is 2.26 bits per heavy atom. The van der Waals surface area contributed by atoms with Gasteiger partial charge in [0.25, 0.3) is 5.69 Å². The molecule has 1 aromatic carbocycles. The van der Waals surface area contributed by atoms with Gasteiger partial charge in [0.15, 0.2) is 0 Å². The molecule has 0 amide bonds. The van der Waals surface area contributed by atoms with E-state index in [1.54, 1.807) is 6.07 Å². The normalized spacial score (nSPS) is 25.5. The van der Waals surface area contributed by atoms with Gasteiger partial charge in [-0.1, -0.05) is 6.92 Å². The molecule has 0 bridgehead atoms. The number of morpholine rings is 1. The van der Waals surface area contributed by atoms with Crippen molar-refractivity contribution in [2.24, 2.45) is 5.92 Å². The van der Waals surface area contributed by atoms with Gasteiger partial charge in [-0.2, -0.15) is 4.31 Å². The van der Waals surface area contributed by atoms with Crippen LogP contribution in [0.4, 0.5) is 11.4 Å². The van der Waals surface area contributed by atoms with Crippen molar-refractivity contribution in [1.29, 1.82) is 0 Å². The average molecular weight is 397 g/mol. The second kappa shape index (κ2) is 7.73. The van der Waals surface area contributed by atoms with E-state index >= 15 is 0 Å². The number of nitro benzene ring substituents is 1. The number of sulfonamides is 1. The summed E-state index contributed by atoms with van der Waals surface area (Å²) < 4.78 is 33.8. The Bertz CT molecular complexity index is 795. The van der Waals surface area contributed by atoms with Crippen molar-refractivity contribution in [1.82, 2.24) is 4.31 Å². The maximum Gasteiger partial charge on any atom is 0.270 e. The van der Waals surface area contributed by atoms with Gasteiger partial charge < -0.3 is 9.64 Å². The van der Waals surface area contributed by atoms with Gasteiger partial charge in [-0.05, 0) is 38.7 Å². The van der Waals surface area contributed by atoms with Gasteiger partial charge in [-0.25, -0.2) is 8.42 Å². The zero-order valence-corrected chi connectivity index (χ0v) is 16.8. The van der Waals surface area contributed by atoms with Crippen LogP contribution >= 0.6 is 0 Å². The van der Waals surface area contributed by atoms with Gasteiger partial charge in [0.05, 0.1) is 22.8 Å². The first kappa shape index (κ1) is 20.0. The Labute approximate surface area is 160 Å². The summed E-state index contributed by atoms with van der Waals surface area (Å²) in [5.41, 5.74) is 0.344.